The maximum Gasteiger partial charge on any atom is 0.240 e. The third-order valence-electron chi connectivity index (χ3n) is 3.12. The van der Waals surface area contributed by atoms with Gasteiger partial charge in [-0.3, -0.25) is 0 Å². The summed E-state index contributed by atoms with van der Waals surface area (Å²) in [6.07, 6.45) is 0. The van der Waals surface area contributed by atoms with E-state index in [1.54, 1.807) is 23.9 Å². The fraction of sp³-hybridized carbons (Fsp3) is 0.538. The summed E-state index contributed by atoms with van der Waals surface area (Å²) in [4.78, 5) is 3.38. The average molecular weight is 317 g/mol. The second-order valence-corrected chi connectivity index (χ2v) is 7.31. The van der Waals surface area contributed by atoms with Crippen molar-refractivity contribution < 1.29 is 8.42 Å². The van der Waals surface area contributed by atoms with Gasteiger partial charge in [-0.2, -0.15) is 0 Å². The molecule has 0 unspecified atom stereocenters. The number of thioether (sulfide) groups is 1. The number of nitrogens with zero attached hydrogens (tertiary/aromatic N) is 1. The molecule has 0 saturated heterocycles. The molecule has 0 saturated carbocycles. The van der Waals surface area contributed by atoms with E-state index in [9.17, 15) is 8.42 Å². The third kappa shape index (κ3) is 4.66. The van der Waals surface area contributed by atoms with Crippen LogP contribution in [0, 0.1) is 0 Å². The van der Waals surface area contributed by atoms with E-state index in [-0.39, 0.29) is 4.90 Å². The van der Waals surface area contributed by atoms with E-state index >= 15 is 0 Å². The summed E-state index contributed by atoms with van der Waals surface area (Å²) >= 11 is 1.59. The van der Waals surface area contributed by atoms with Gasteiger partial charge in [0.1, 0.15) is 0 Å². The lowest BCUT2D eigenvalue weighted by Crippen LogP contribution is -2.25. The Labute approximate surface area is 126 Å². The minimum atomic E-state index is -3.42. The molecule has 0 bridgehead atoms. The molecule has 3 N–H and O–H groups in total. The molecule has 1 aromatic carbocycles. The van der Waals surface area contributed by atoms with Gasteiger partial charge in [0.05, 0.1) is 4.90 Å². The lowest BCUT2D eigenvalue weighted by atomic mass is 10.3. The predicted molar refractivity (Wildman–Crippen MR) is 85.6 cm³/mol. The van der Waals surface area contributed by atoms with E-state index in [2.05, 4.69) is 23.5 Å². The summed E-state index contributed by atoms with van der Waals surface area (Å²) in [6.45, 7) is 7.24. The van der Waals surface area contributed by atoms with Crippen molar-refractivity contribution in [2.24, 2.45) is 0 Å². The Morgan fingerprint density at radius 3 is 2.50 bits per heavy atom. The molecule has 1 rings (SSSR count). The molecule has 0 aromatic heterocycles. The summed E-state index contributed by atoms with van der Waals surface area (Å²) in [5, 5.41) is 0. The first-order valence-electron chi connectivity index (χ1n) is 6.62. The summed E-state index contributed by atoms with van der Waals surface area (Å²) in [7, 11) is -2.02. The van der Waals surface area contributed by atoms with Crippen LogP contribution < -0.4 is 10.5 Å². The van der Waals surface area contributed by atoms with Crippen LogP contribution in [0.25, 0.3) is 0 Å². The lowest BCUT2D eigenvalue weighted by molar-refractivity contribution is 0.324. The number of hydrogen-bond donors (Lipinski definition) is 2. The van der Waals surface area contributed by atoms with Crippen molar-refractivity contribution in [3.8, 4) is 0 Å². The number of benzene rings is 1. The van der Waals surface area contributed by atoms with E-state index in [4.69, 9.17) is 5.73 Å². The van der Waals surface area contributed by atoms with Gasteiger partial charge < -0.3 is 10.6 Å². The fourth-order valence-electron chi connectivity index (χ4n) is 1.75. The van der Waals surface area contributed by atoms with Gasteiger partial charge in [0.15, 0.2) is 0 Å². The second kappa shape index (κ2) is 7.87. The first kappa shape index (κ1) is 17.3. The minimum absolute atomic E-state index is 0.250. The third-order valence-corrected chi connectivity index (χ3v) is 5.59. The molecule has 0 radical (unpaired) electrons. The number of nitrogens with two attached hydrogens (primary N) is 1. The van der Waals surface area contributed by atoms with Crippen molar-refractivity contribution >= 4 is 27.5 Å². The van der Waals surface area contributed by atoms with Gasteiger partial charge in [-0.05, 0) is 38.3 Å². The van der Waals surface area contributed by atoms with E-state index < -0.39 is 10.0 Å². The zero-order valence-electron chi connectivity index (χ0n) is 12.2. The first-order chi connectivity index (χ1) is 9.44. The van der Waals surface area contributed by atoms with Gasteiger partial charge in [0.25, 0.3) is 0 Å². The maximum absolute atomic E-state index is 11.8. The normalized spacial score (nSPS) is 12.0. The number of rotatable bonds is 8. The molecule has 0 fully saturated rings. The zero-order valence-corrected chi connectivity index (χ0v) is 13.9. The standard InChI is InChI=1S/C13H23N3O2S2/c1-4-16(5-2)8-9-19-13-10-11(6-7-12(13)14)20(17,18)15-3/h6-7,10,15H,4-5,8-9,14H2,1-3H3. The average Bonchev–Trinajstić information content (AvgIpc) is 2.45. The molecular weight excluding hydrogens is 294 g/mol. The highest BCUT2D eigenvalue weighted by molar-refractivity contribution is 7.99. The maximum atomic E-state index is 11.8. The highest BCUT2D eigenvalue weighted by atomic mass is 32.2. The van der Waals surface area contributed by atoms with Gasteiger partial charge >= 0.3 is 0 Å². The van der Waals surface area contributed by atoms with Gasteiger partial charge in [0, 0.05) is 22.9 Å². The van der Waals surface area contributed by atoms with Crippen molar-refractivity contribution in [2.45, 2.75) is 23.6 Å². The van der Waals surface area contributed by atoms with Crippen LogP contribution in [-0.2, 0) is 10.0 Å². The molecule has 0 aliphatic carbocycles. The van der Waals surface area contributed by atoms with Crippen LogP contribution in [0.15, 0.2) is 28.0 Å². The van der Waals surface area contributed by atoms with Gasteiger partial charge in [-0.1, -0.05) is 13.8 Å². The summed E-state index contributed by atoms with van der Waals surface area (Å²) < 4.78 is 25.9. The second-order valence-electron chi connectivity index (χ2n) is 4.28. The Hall–Kier alpha value is -0.760. The number of anilines is 1. The van der Waals surface area contributed by atoms with Crippen LogP contribution in [0.5, 0.6) is 0 Å². The van der Waals surface area contributed by atoms with Crippen molar-refractivity contribution in [1.82, 2.24) is 9.62 Å². The topological polar surface area (TPSA) is 75.4 Å². The fourth-order valence-corrected chi connectivity index (χ4v) is 3.59. The van der Waals surface area contributed by atoms with Crippen LogP contribution in [-0.4, -0.2) is 45.8 Å². The van der Waals surface area contributed by atoms with E-state index in [1.807, 2.05) is 0 Å². The van der Waals surface area contributed by atoms with Gasteiger partial charge in [-0.25, -0.2) is 13.1 Å². The van der Waals surface area contributed by atoms with Crippen molar-refractivity contribution in [1.29, 1.82) is 0 Å². The minimum Gasteiger partial charge on any atom is -0.398 e. The molecule has 0 atom stereocenters. The van der Waals surface area contributed by atoms with Gasteiger partial charge in [-0.15, -0.1) is 11.8 Å². The Morgan fingerprint density at radius 1 is 1.30 bits per heavy atom. The summed E-state index contributed by atoms with van der Waals surface area (Å²) in [5.41, 5.74) is 6.52. The lowest BCUT2D eigenvalue weighted by Gasteiger charge is -2.17. The SMILES string of the molecule is CCN(CC)CCSc1cc(S(=O)(=O)NC)ccc1N. The molecule has 20 heavy (non-hydrogen) atoms. The number of hydrogen-bond acceptors (Lipinski definition) is 5. The van der Waals surface area contributed by atoms with Crippen LogP contribution in [0.1, 0.15) is 13.8 Å². The highest BCUT2D eigenvalue weighted by Crippen LogP contribution is 2.27. The van der Waals surface area contributed by atoms with E-state index in [0.29, 0.717) is 5.69 Å². The Kier molecular flexibility index (Phi) is 6.81. The summed E-state index contributed by atoms with van der Waals surface area (Å²) in [5.74, 6) is 0.884. The Morgan fingerprint density at radius 2 is 1.95 bits per heavy atom. The van der Waals surface area contributed by atoms with Crippen LogP contribution in [0.2, 0.25) is 0 Å². The molecule has 114 valence electrons. The Bertz CT molecular complexity index is 528. The monoisotopic (exact) mass is 317 g/mol. The molecule has 5 nitrogen and oxygen atoms in total. The first-order valence-corrected chi connectivity index (χ1v) is 9.09. The largest absolute Gasteiger partial charge is 0.398 e. The zero-order chi connectivity index (χ0) is 15.2. The highest BCUT2D eigenvalue weighted by Gasteiger charge is 2.13. The Balaban J connectivity index is 2.78. The van der Waals surface area contributed by atoms with E-state index in [0.717, 1.165) is 30.3 Å². The quantitative estimate of drug-likeness (QED) is 0.563. The molecular formula is C13H23N3O2S2. The van der Waals surface area contributed by atoms with Crippen molar-refractivity contribution in [3.05, 3.63) is 18.2 Å². The number of nitrogens with one attached hydrogen (secondary N) is 1. The molecule has 0 heterocycles. The molecule has 0 aliphatic rings. The van der Waals surface area contributed by atoms with Crippen molar-refractivity contribution in [2.75, 3.05) is 38.2 Å². The number of sulfonamides is 1. The predicted octanol–water partition coefficient (Wildman–Crippen LogP) is 1.61. The van der Waals surface area contributed by atoms with Crippen molar-refractivity contribution in [3.63, 3.8) is 0 Å². The van der Waals surface area contributed by atoms with E-state index in [1.165, 1.54) is 13.1 Å². The molecule has 1 aromatic rings. The van der Waals surface area contributed by atoms with Crippen LogP contribution in [0.4, 0.5) is 5.69 Å². The van der Waals surface area contributed by atoms with Gasteiger partial charge in [0.2, 0.25) is 10.0 Å². The molecule has 0 aliphatic heterocycles. The molecule has 7 heteroatoms. The summed E-state index contributed by atoms with van der Waals surface area (Å²) in [6, 6.07) is 4.80. The van der Waals surface area contributed by atoms with Crippen LogP contribution >= 0.6 is 11.8 Å². The van der Waals surface area contributed by atoms with Crippen LogP contribution in [0.3, 0.4) is 0 Å². The smallest absolute Gasteiger partial charge is 0.240 e. The number of nitrogen functional groups attached to an aromatic ring is 1. The molecule has 0 amide bonds. The molecule has 0 spiro atoms.